The van der Waals surface area contributed by atoms with Crippen molar-refractivity contribution in [1.29, 1.82) is 0 Å². The summed E-state index contributed by atoms with van der Waals surface area (Å²) in [6.07, 6.45) is 6.70. The first kappa shape index (κ1) is 15.9. The first-order valence-electron chi connectivity index (χ1n) is 7.28. The number of anilines is 1. The first-order valence-corrected chi connectivity index (χ1v) is 9.43. The van der Waals surface area contributed by atoms with E-state index in [2.05, 4.69) is 9.80 Å². The van der Waals surface area contributed by atoms with Crippen molar-refractivity contribution < 1.29 is 0 Å². The summed E-state index contributed by atoms with van der Waals surface area (Å²) < 4.78 is 0.917. The highest BCUT2D eigenvalue weighted by atomic mass is 35.5. The molecule has 6 heteroatoms. The Labute approximate surface area is 145 Å². The number of rotatable bonds is 2. The molecule has 0 radical (unpaired) electrons. The predicted octanol–water partition coefficient (Wildman–Crippen LogP) is 5.38. The molecule has 0 spiro atoms. The molecular weight excluding hydrogens is 343 g/mol. The molecule has 3 rings (SSSR count). The zero-order valence-corrected chi connectivity index (χ0v) is 14.9. The van der Waals surface area contributed by atoms with Crippen LogP contribution in [-0.2, 0) is 0 Å². The zero-order chi connectivity index (χ0) is 14.8. The Morgan fingerprint density at radius 3 is 2.57 bits per heavy atom. The van der Waals surface area contributed by atoms with E-state index in [9.17, 15) is 0 Å². The number of hydrogen-bond donors (Lipinski definition) is 0. The summed E-state index contributed by atoms with van der Waals surface area (Å²) >= 11 is 19.4. The molecule has 2 aliphatic rings. The molecule has 114 valence electrons. The van der Waals surface area contributed by atoms with Crippen LogP contribution in [0, 0.1) is 0 Å². The molecule has 1 aliphatic heterocycles. The van der Waals surface area contributed by atoms with Crippen LogP contribution in [-0.4, -0.2) is 27.8 Å². The summed E-state index contributed by atoms with van der Waals surface area (Å²) in [6.45, 7) is 0.856. The maximum atomic E-state index is 6.14. The summed E-state index contributed by atoms with van der Waals surface area (Å²) in [5, 5.41) is 1.16. The lowest BCUT2D eigenvalue weighted by atomic mass is 9.95. The fourth-order valence-corrected chi connectivity index (χ4v) is 4.50. The smallest absolute Gasteiger partial charge is 0.143 e. The Kier molecular flexibility index (Phi) is 5.33. The molecule has 1 aromatic rings. The lowest BCUT2D eigenvalue weighted by Crippen LogP contribution is -2.49. The van der Waals surface area contributed by atoms with Crippen molar-refractivity contribution in [2.24, 2.45) is 0 Å². The second-order valence-corrected chi connectivity index (χ2v) is 7.98. The van der Waals surface area contributed by atoms with Crippen LogP contribution in [0.15, 0.2) is 18.2 Å². The normalized spacial score (nSPS) is 21.8. The topological polar surface area (TPSA) is 6.48 Å². The predicted molar refractivity (Wildman–Crippen MR) is 97.6 cm³/mol. The Balaban J connectivity index is 1.76. The van der Waals surface area contributed by atoms with E-state index in [1.807, 2.05) is 18.2 Å². The van der Waals surface area contributed by atoms with Crippen LogP contribution in [0.5, 0.6) is 0 Å². The van der Waals surface area contributed by atoms with Gasteiger partial charge in [0.25, 0.3) is 0 Å². The van der Waals surface area contributed by atoms with Gasteiger partial charge in [0.05, 0.1) is 22.6 Å². The van der Waals surface area contributed by atoms with Crippen LogP contribution >= 0.6 is 47.2 Å². The van der Waals surface area contributed by atoms with Gasteiger partial charge in [-0.15, -0.1) is 0 Å². The van der Waals surface area contributed by atoms with E-state index >= 15 is 0 Å². The molecule has 1 aromatic carbocycles. The molecule has 0 N–H and O–H groups in total. The number of nitrogens with zero attached hydrogens (tertiary/aromatic N) is 2. The maximum Gasteiger partial charge on any atom is 0.143 e. The number of halogens is 2. The third kappa shape index (κ3) is 3.67. The van der Waals surface area contributed by atoms with Gasteiger partial charge in [0.15, 0.2) is 0 Å². The first-order chi connectivity index (χ1) is 10.1. The van der Waals surface area contributed by atoms with Crippen LogP contribution in [0.3, 0.4) is 0 Å². The van der Waals surface area contributed by atoms with E-state index in [1.165, 1.54) is 32.1 Å². The van der Waals surface area contributed by atoms with Gasteiger partial charge in [0.2, 0.25) is 0 Å². The summed E-state index contributed by atoms with van der Waals surface area (Å²) in [5.74, 6) is 1.00. The van der Waals surface area contributed by atoms with Gasteiger partial charge in [0.1, 0.15) is 4.32 Å². The molecular formula is C15H18Cl2N2S2. The lowest BCUT2D eigenvalue weighted by molar-refractivity contribution is 0.187. The monoisotopic (exact) mass is 360 g/mol. The summed E-state index contributed by atoms with van der Waals surface area (Å²) in [5.41, 5.74) is 1.03. The molecule has 0 bridgehead atoms. The Morgan fingerprint density at radius 1 is 1.10 bits per heavy atom. The lowest BCUT2D eigenvalue weighted by Gasteiger charge is -2.42. The van der Waals surface area contributed by atoms with Crippen LogP contribution < -0.4 is 4.90 Å². The quantitative estimate of drug-likeness (QED) is 0.652. The number of thioether (sulfide) groups is 1. The molecule has 0 amide bonds. The molecule has 1 saturated heterocycles. The highest BCUT2D eigenvalue weighted by Gasteiger charge is 2.29. The molecule has 1 saturated carbocycles. The van der Waals surface area contributed by atoms with E-state index in [-0.39, 0.29) is 0 Å². The largest absolute Gasteiger partial charge is 0.314 e. The second kappa shape index (κ2) is 7.05. The Morgan fingerprint density at radius 2 is 1.86 bits per heavy atom. The van der Waals surface area contributed by atoms with Crippen LogP contribution in [0.25, 0.3) is 0 Å². The van der Waals surface area contributed by atoms with Gasteiger partial charge in [0, 0.05) is 11.7 Å². The minimum Gasteiger partial charge on any atom is -0.314 e. The van der Waals surface area contributed by atoms with Crippen molar-refractivity contribution in [2.75, 3.05) is 17.4 Å². The van der Waals surface area contributed by atoms with Gasteiger partial charge >= 0.3 is 0 Å². The van der Waals surface area contributed by atoms with Crippen molar-refractivity contribution in [1.82, 2.24) is 4.90 Å². The average molecular weight is 361 g/mol. The summed E-state index contributed by atoms with van der Waals surface area (Å²) in [4.78, 5) is 4.71. The van der Waals surface area contributed by atoms with E-state index in [0.29, 0.717) is 16.1 Å². The third-order valence-electron chi connectivity index (χ3n) is 4.20. The molecule has 0 aromatic heterocycles. The molecule has 2 nitrogen and oxygen atoms in total. The molecule has 0 atom stereocenters. The van der Waals surface area contributed by atoms with E-state index in [0.717, 1.165) is 22.6 Å². The molecule has 1 heterocycles. The fraction of sp³-hybridized carbons (Fsp3) is 0.533. The molecule has 2 fully saturated rings. The van der Waals surface area contributed by atoms with Crippen molar-refractivity contribution in [3.05, 3.63) is 28.2 Å². The zero-order valence-electron chi connectivity index (χ0n) is 11.7. The van der Waals surface area contributed by atoms with E-state index in [4.69, 9.17) is 35.4 Å². The number of benzene rings is 1. The Bertz CT molecular complexity index is 532. The molecule has 21 heavy (non-hydrogen) atoms. The van der Waals surface area contributed by atoms with Gasteiger partial charge in [-0.2, -0.15) is 0 Å². The summed E-state index contributed by atoms with van der Waals surface area (Å²) in [7, 11) is 0. The standard InChI is InChI=1S/C15H18Cl2N2S2/c16-13-7-6-12(8-14(13)17)19-9-18(10-21-15(19)20)11-4-2-1-3-5-11/h6-8,11H,1-5,9-10H2. The second-order valence-electron chi connectivity index (χ2n) is 5.59. The van der Waals surface area contributed by atoms with E-state index in [1.54, 1.807) is 11.8 Å². The van der Waals surface area contributed by atoms with Gasteiger partial charge in [-0.3, -0.25) is 4.90 Å². The van der Waals surface area contributed by atoms with Gasteiger partial charge in [-0.05, 0) is 31.0 Å². The van der Waals surface area contributed by atoms with Crippen LogP contribution in [0.2, 0.25) is 10.0 Å². The molecule has 0 unspecified atom stereocenters. The van der Waals surface area contributed by atoms with Gasteiger partial charge in [-0.1, -0.05) is 66.4 Å². The van der Waals surface area contributed by atoms with Crippen molar-refractivity contribution >= 4 is 57.2 Å². The number of thiocarbonyl (C=S) groups is 1. The maximum absolute atomic E-state index is 6.14. The minimum absolute atomic E-state index is 0.580. The summed E-state index contributed by atoms with van der Waals surface area (Å²) in [6, 6.07) is 6.43. The fourth-order valence-electron chi connectivity index (χ4n) is 3.00. The SMILES string of the molecule is S=C1SCN(C2CCCCC2)CN1c1ccc(Cl)c(Cl)c1. The average Bonchev–Trinajstić information content (AvgIpc) is 2.51. The van der Waals surface area contributed by atoms with Crippen LogP contribution in [0.1, 0.15) is 32.1 Å². The van der Waals surface area contributed by atoms with Gasteiger partial charge < -0.3 is 4.90 Å². The highest BCUT2D eigenvalue weighted by Crippen LogP contribution is 2.33. The van der Waals surface area contributed by atoms with Crippen molar-refractivity contribution in [3.63, 3.8) is 0 Å². The minimum atomic E-state index is 0.580. The van der Waals surface area contributed by atoms with E-state index < -0.39 is 0 Å². The number of hydrogen-bond acceptors (Lipinski definition) is 3. The Hall–Kier alpha value is -0.000000000000000111. The third-order valence-corrected chi connectivity index (χ3v) is 6.44. The van der Waals surface area contributed by atoms with Gasteiger partial charge in [-0.25, -0.2) is 0 Å². The van der Waals surface area contributed by atoms with Crippen LogP contribution in [0.4, 0.5) is 5.69 Å². The van der Waals surface area contributed by atoms with Crippen molar-refractivity contribution in [2.45, 2.75) is 38.1 Å². The molecule has 1 aliphatic carbocycles. The highest BCUT2D eigenvalue weighted by molar-refractivity contribution is 8.23. The van der Waals surface area contributed by atoms with Crippen molar-refractivity contribution in [3.8, 4) is 0 Å².